The van der Waals surface area contributed by atoms with E-state index in [2.05, 4.69) is 29.2 Å². The Morgan fingerprint density at radius 3 is 2.20 bits per heavy atom. The molecule has 1 aromatic rings. The lowest BCUT2D eigenvalue weighted by atomic mass is 9.94. The predicted octanol–water partition coefficient (Wildman–Crippen LogP) is 2.46. The fraction of sp³-hybridized carbons (Fsp3) is 0.667. The van der Waals surface area contributed by atoms with Gasteiger partial charge in [0, 0.05) is 12.6 Å². The molecule has 2 heteroatoms. The summed E-state index contributed by atoms with van der Waals surface area (Å²) in [5.74, 6) is 2.53. The fourth-order valence-electron chi connectivity index (χ4n) is 5.04. The first-order valence-electron chi connectivity index (χ1n) is 8.36. The van der Waals surface area contributed by atoms with Gasteiger partial charge in [-0.05, 0) is 74.1 Å². The van der Waals surface area contributed by atoms with Gasteiger partial charge in [-0.25, -0.2) is 0 Å². The molecule has 2 nitrogen and oxygen atoms in total. The van der Waals surface area contributed by atoms with Crippen molar-refractivity contribution in [3.05, 3.63) is 35.4 Å². The molecule has 0 spiro atoms. The smallest absolute Gasteiger partial charge is 0.0158 e. The van der Waals surface area contributed by atoms with Crippen molar-refractivity contribution in [3.8, 4) is 0 Å². The minimum atomic E-state index is 0.750. The third kappa shape index (κ3) is 2.10. The van der Waals surface area contributed by atoms with Gasteiger partial charge in [-0.15, -0.1) is 0 Å². The first-order valence-corrected chi connectivity index (χ1v) is 8.36. The summed E-state index contributed by atoms with van der Waals surface area (Å²) in [7, 11) is 0. The zero-order valence-electron chi connectivity index (χ0n) is 12.3. The van der Waals surface area contributed by atoms with Crippen molar-refractivity contribution in [2.24, 2.45) is 23.5 Å². The summed E-state index contributed by atoms with van der Waals surface area (Å²) in [5.41, 5.74) is 9.13. The third-order valence-corrected chi connectivity index (χ3v) is 6.03. The molecule has 1 saturated carbocycles. The van der Waals surface area contributed by atoms with Crippen molar-refractivity contribution >= 4 is 0 Å². The molecule has 0 radical (unpaired) electrons. The Balaban J connectivity index is 1.58. The van der Waals surface area contributed by atoms with Crippen LogP contribution >= 0.6 is 0 Å². The zero-order chi connectivity index (χ0) is 13.5. The topological polar surface area (TPSA) is 29.3 Å². The lowest BCUT2D eigenvalue weighted by Crippen LogP contribution is -2.41. The SMILES string of the molecule is NCC1CCN(C2C3CCC2Cc2ccccc2C3)C1. The number of fused-ring (bicyclic) bond motifs is 3. The van der Waals surface area contributed by atoms with Gasteiger partial charge in [-0.1, -0.05) is 24.3 Å². The average Bonchev–Trinajstić information content (AvgIpc) is 3.02. The van der Waals surface area contributed by atoms with E-state index in [0.29, 0.717) is 0 Å². The van der Waals surface area contributed by atoms with Crippen molar-refractivity contribution in [1.82, 2.24) is 4.90 Å². The maximum Gasteiger partial charge on any atom is 0.0158 e. The summed E-state index contributed by atoms with van der Waals surface area (Å²) in [5, 5.41) is 0. The minimum Gasteiger partial charge on any atom is -0.330 e. The number of benzene rings is 1. The Morgan fingerprint density at radius 1 is 1.00 bits per heavy atom. The number of nitrogens with zero attached hydrogens (tertiary/aromatic N) is 1. The van der Waals surface area contributed by atoms with E-state index in [9.17, 15) is 0 Å². The second-order valence-corrected chi connectivity index (χ2v) is 7.15. The highest BCUT2D eigenvalue weighted by Gasteiger charge is 2.43. The van der Waals surface area contributed by atoms with Crippen molar-refractivity contribution in [1.29, 1.82) is 0 Å². The van der Waals surface area contributed by atoms with Gasteiger partial charge in [0.15, 0.2) is 0 Å². The number of hydrogen-bond donors (Lipinski definition) is 1. The Labute approximate surface area is 122 Å². The monoisotopic (exact) mass is 270 g/mol. The summed E-state index contributed by atoms with van der Waals surface area (Å²) >= 11 is 0. The van der Waals surface area contributed by atoms with Crippen LogP contribution in [0.4, 0.5) is 0 Å². The van der Waals surface area contributed by atoms with Gasteiger partial charge < -0.3 is 5.73 Å². The van der Waals surface area contributed by atoms with Crippen molar-refractivity contribution < 1.29 is 0 Å². The lowest BCUT2D eigenvalue weighted by molar-refractivity contribution is 0.154. The van der Waals surface area contributed by atoms with Crippen LogP contribution in [0, 0.1) is 17.8 Å². The summed E-state index contributed by atoms with van der Waals surface area (Å²) in [6.07, 6.45) is 6.81. The van der Waals surface area contributed by atoms with Gasteiger partial charge in [0.1, 0.15) is 0 Å². The molecule has 3 atom stereocenters. The molecular formula is C18H26N2. The number of rotatable bonds is 2. The molecule has 1 saturated heterocycles. The molecule has 20 heavy (non-hydrogen) atoms. The second kappa shape index (κ2) is 5.16. The van der Waals surface area contributed by atoms with Crippen LogP contribution in [-0.2, 0) is 12.8 Å². The molecule has 1 heterocycles. The quantitative estimate of drug-likeness (QED) is 0.894. The van der Waals surface area contributed by atoms with E-state index in [0.717, 1.165) is 30.3 Å². The van der Waals surface area contributed by atoms with Gasteiger partial charge >= 0.3 is 0 Å². The molecule has 0 amide bonds. The first kappa shape index (κ1) is 12.8. The van der Waals surface area contributed by atoms with Crippen LogP contribution in [0.1, 0.15) is 30.4 Å². The van der Waals surface area contributed by atoms with Gasteiger partial charge in [-0.2, -0.15) is 0 Å². The Hall–Kier alpha value is -0.860. The highest BCUT2D eigenvalue weighted by Crippen LogP contribution is 2.43. The van der Waals surface area contributed by atoms with Gasteiger partial charge in [-0.3, -0.25) is 4.90 Å². The normalized spacial score (nSPS) is 36.9. The summed E-state index contributed by atoms with van der Waals surface area (Å²) in [4.78, 5) is 2.80. The van der Waals surface area contributed by atoms with Crippen LogP contribution in [0.5, 0.6) is 0 Å². The summed E-state index contributed by atoms with van der Waals surface area (Å²) in [6.45, 7) is 3.42. The summed E-state index contributed by atoms with van der Waals surface area (Å²) in [6, 6.07) is 9.98. The van der Waals surface area contributed by atoms with Gasteiger partial charge in [0.25, 0.3) is 0 Å². The van der Waals surface area contributed by atoms with E-state index in [1.165, 1.54) is 45.2 Å². The average molecular weight is 270 g/mol. The van der Waals surface area contributed by atoms with Crippen LogP contribution in [-0.4, -0.2) is 30.6 Å². The second-order valence-electron chi connectivity index (χ2n) is 7.15. The van der Waals surface area contributed by atoms with E-state index in [-0.39, 0.29) is 0 Å². The lowest BCUT2D eigenvalue weighted by Gasteiger charge is -2.32. The molecule has 2 N–H and O–H groups in total. The van der Waals surface area contributed by atoms with Crippen molar-refractivity contribution in [2.45, 2.75) is 38.1 Å². The van der Waals surface area contributed by atoms with Gasteiger partial charge in [0.05, 0.1) is 0 Å². The number of likely N-dealkylation sites (tertiary alicyclic amines) is 1. The zero-order valence-corrected chi connectivity index (χ0v) is 12.3. The van der Waals surface area contributed by atoms with E-state index in [1.807, 2.05) is 0 Å². The number of nitrogens with two attached hydrogens (primary N) is 1. The van der Waals surface area contributed by atoms with Gasteiger partial charge in [0.2, 0.25) is 0 Å². The maximum atomic E-state index is 5.88. The fourth-order valence-corrected chi connectivity index (χ4v) is 5.04. The molecule has 108 valence electrons. The Bertz CT molecular complexity index is 451. The van der Waals surface area contributed by atoms with Crippen LogP contribution in [0.3, 0.4) is 0 Å². The molecule has 2 bridgehead atoms. The largest absolute Gasteiger partial charge is 0.330 e. The van der Waals surface area contributed by atoms with Crippen molar-refractivity contribution in [3.63, 3.8) is 0 Å². The Kier molecular flexibility index (Phi) is 3.31. The van der Waals surface area contributed by atoms with Crippen LogP contribution in [0.25, 0.3) is 0 Å². The molecule has 3 aliphatic rings. The predicted molar refractivity (Wildman–Crippen MR) is 82.6 cm³/mol. The molecule has 2 aliphatic carbocycles. The van der Waals surface area contributed by atoms with E-state index in [1.54, 1.807) is 11.1 Å². The molecule has 0 aromatic heterocycles. The standard InChI is InChI=1S/C18H26N2/c19-11-13-7-8-20(12-13)18-16-5-6-17(18)10-15-4-2-1-3-14(15)9-16/h1-4,13,16-18H,5-12,19H2. The highest BCUT2D eigenvalue weighted by molar-refractivity contribution is 5.31. The molecule has 4 rings (SSSR count). The third-order valence-electron chi connectivity index (χ3n) is 6.03. The minimum absolute atomic E-state index is 0.750. The molecule has 3 unspecified atom stereocenters. The molecular weight excluding hydrogens is 244 g/mol. The molecule has 1 aromatic carbocycles. The first-order chi connectivity index (χ1) is 9.85. The van der Waals surface area contributed by atoms with Crippen LogP contribution in [0.2, 0.25) is 0 Å². The Morgan fingerprint density at radius 2 is 1.65 bits per heavy atom. The molecule has 1 aliphatic heterocycles. The van der Waals surface area contributed by atoms with Crippen LogP contribution in [0.15, 0.2) is 24.3 Å². The number of hydrogen-bond acceptors (Lipinski definition) is 2. The van der Waals surface area contributed by atoms with Crippen LogP contribution < -0.4 is 5.73 Å². The van der Waals surface area contributed by atoms with E-state index in [4.69, 9.17) is 5.73 Å². The van der Waals surface area contributed by atoms with E-state index < -0.39 is 0 Å². The summed E-state index contributed by atoms with van der Waals surface area (Å²) < 4.78 is 0. The van der Waals surface area contributed by atoms with Crippen molar-refractivity contribution in [2.75, 3.05) is 19.6 Å². The maximum absolute atomic E-state index is 5.88. The highest BCUT2D eigenvalue weighted by atomic mass is 15.2. The molecule has 2 fully saturated rings. The van der Waals surface area contributed by atoms with E-state index >= 15 is 0 Å².